The molecule has 0 amide bonds. The first-order valence-electron chi connectivity index (χ1n) is 11.6. The Balaban J connectivity index is 2.21. The van der Waals surface area contributed by atoms with Crippen molar-refractivity contribution in [1.29, 1.82) is 0 Å². The minimum atomic E-state index is -0.867. The third kappa shape index (κ3) is 4.31. The Morgan fingerprint density at radius 1 is 1.18 bits per heavy atom. The Morgan fingerprint density at radius 3 is 2.39 bits per heavy atom. The summed E-state index contributed by atoms with van der Waals surface area (Å²) in [5.74, 6) is -0.554. The van der Waals surface area contributed by atoms with Crippen LogP contribution in [0, 0.1) is 22.7 Å². The minimum absolute atomic E-state index is 0.0647. The van der Waals surface area contributed by atoms with E-state index in [1.54, 1.807) is 20.3 Å². The molecule has 7 heteroatoms. The molecule has 7 nitrogen and oxygen atoms in total. The van der Waals surface area contributed by atoms with Gasteiger partial charge in [0.15, 0.2) is 6.29 Å². The van der Waals surface area contributed by atoms with E-state index in [0.29, 0.717) is 6.42 Å². The molecular formula is C26H38O7. The molecule has 2 fully saturated rings. The Morgan fingerprint density at radius 2 is 1.85 bits per heavy atom. The minimum Gasteiger partial charge on any atom is -0.458 e. The topological polar surface area (TPSA) is 80.3 Å². The van der Waals surface area contributed by atoms with Crippen molar-refractivity contribution in [3.8, 4) is 0 Å². The lowest BCUT2D eigenvalue weighted by atomic mass is 9.45. The Bertz CT molecular complexity index is 832. The number of carbonyl (C=O) groups excluding carboxylic acids is 2. The van der Waals surface area contributed by atoms with Crippen LogP contribution in [0.4, 0.5) is 0 Å². The Kier molecular flexibility index (Phi) is 7.56. The van der Waals surface area contributed by atoms with Gasteiger partial charge in [-0.2, -0.15) is 0 Å². The molecular weight excluding hydrogens is 424 g/mol. The third-order valence-electron chi connectivity index (χ3n) is 8.19. The van der Waals surface area contributed by atoms with Crippen molar-refractivity contribution in [1.82, 2.24) is 0 Å². The van der Waals surface area contributed by atoms with E-state index < -0.39 is 30.1 Å². The maximum absolute atomic E-state index is 12.1. The summed E-state index contributed by atoms with van der Waals surface area (Å²) in [4.78, 5) is 24.0. The van der Waals surface area contributed by atoms with E-state index in [9.17, 15) is 9.59 Å². The summed E-state index contributed by atoms with van der Waals surface area (Å²) in [5, 5.41) is 0. The summed E-state index contributed by atoms with van der Waals surface area (Å²) in [6.45, 7) is 15.3. The number of carbonyl (C=O) groups is 2. The van der Waals surface area contributed by atoms with Gasteiger partial charge in [-0.05, 0) is 49.0 Å². The maximum Gasteiger partial charge on any atom is 0.304 e. The predicted octanol–water partition coefficient (Wildman–Crippen LogP) is 4.33. The van der Waals surface area contributed by atoms with Gasteiger partial charge in [-0.15, -0.1) is 0 Å². The summed E-state index contributed by atoms with van der Waals surface area (Å²) in [5.41, 5.74) is 0.840. The van der Waals surface area contributed by atoms with Crippen LogP contribution in [0.2, 0.25) is 0 Å². The average molecular weight is 463 g/mol. The molecule has 0 aromatic carbocycles. The van der Waals surface area contributed by atoms with Gasteiger partial charge < -0.3 is 23.7 Å². The number of esters is 2. The van der Waals surface area contributed by atoms with Crippen LogP contribution in [-0.2, 0) is 33.3 Å². The molecule has 8 atom stereocenters. The molecule has 1 aliphatic heterocycles. The molecule has 33 heavy (non-hydrogen) atoms. The van der Waals surface area contributed by atoms with Gasteiger partial charge in [-0.3, -0.25) is 9.59 Å². The van der Waals surface area contributed by atoms with Gasteiger partial charge in [-0.1, -0.05) is 38.7 Å². The van der Waals surface area contributed by atoms with Crippen LogP contribution in [0.3, 0.4) is 0 Å². The molecule has 2 aliphatic carbocycles. The van der Waals surface area contributed by atoms with Crippen molar-refractivity contribution in [2.75, 3.05) is 14.2 Å². The summed E-state index contributed by atoms with van der Waals surface area (Å²) < 4.78 is 29.5. The van der Waals surface area contributed by atoms with Gasteiger partial charge in [0, 0.05) is 33.6 Å². The van der Waals surface area contributed by atoms with E-state index in [1.165, 1.54) is 13.8 Å². The summed E-state index contributed by atoms with van der Waals surface area (Å²) >= 11 is 0. The molecule has 1 spiro atoms. The van der Waals surface area contributed by atoms with Crippen LogP contribution < -0.4 is 0 Å². The van der Waals surface area contributed by atoms with E-state index in [-0.39, 0.29) is 29.3 Å². The molecule has 3 aliphatic rings. The molecule has 0 unspecified atom stereocenters. The lowest BCUT2D eigenvalue weighted by Crippen LogP contribution is -2.63. The first kappa shape index (κ1) is 25.7. The van der Waals surface area contributed by atoms with Crippen molar-refractivity contribution >= 4 is 11.9 Å². The van der Waals surface area contributed by atoms with Crippen molar-refractivity contribution in [2.24, 2.45) is 22.7 Å². The molecule has 0 N–H and O–H groups in total. The van der Waals surface area contributed by atoms with Gasteiger partial charge in [-0.25, -0.2) is 0 Å². The van der Waals surface area contributed by atoms with Crippen molar-refractivity contribution in [3.63, 3.8) is 0 Å². The zero-order valence-corrected chi connectivity index (χ0v) is 20.7. The fraction of sp³-hybridized carbons (Fsp3) is 0.692. The van der Waals surface area contributed by atoms with Gasteiger partial charge in [0.2, 0.25) is 6.29 Å². The number of rotatable bonds is 8. The van der Waals surface area contributed by atoms with Crippen LogP contribution >= 0.6 is 0 Å². The van der Waals surface area contributed by atoms with Crippen molar-refractivity contribution in [2.45, 2.75) is 78.2 Å². The second kappa shape index (κ2) is 9.72. The normalized spacial score (nSPS) is 39.6. The van der Waals surface area contributed by atoms with Crippen molar-refractivity contribution < 1.29 is 33.3 Å². The van der Waals surface area contributed by atoms with Gasteiger partial charge in [0.1, 0.15) is 6.10 Å². The van der Waals surface area contributed by atoms with Gasteiger partial charge in [0.25, 0.3) is 0 Å². The summed E-state index contributed by atoms with van der Waals surface area (Å²) in [6.07, 6.45) is 4.40. The fourth-order valence-corrected chi connectivity index (χ4v) is 6.43. The number of methoxy groups -OCH3 is 2. The molecule has 1 saturated carbocycles. The number of ether oxygens (including phenoxy) is 5. The van der Waals surface area contributed by atoms with E-state index in [0.717, 1.165) is 30.4 Å². The highest BCUT2D eigenvalue weighted by Gasteiger charge is 2.71. The Hall–Kier alpha value is -1.96. The predicted molar refractivity (Wildman–Crippen MR) is 123 cm³/mol. The molecule has 0 radical (unpaired) electrons. The zero-order valence-electron chi connectivity index (χ0n) is 20.7. The highest BCUT2D eigenvalue weighted by atomic mass is 16.8. The number of hydrogen-bond donors (Lipinski definition) is 0. The summed E-state index contributed by atoms with van der Waals surface area (Å²) in [6, 6.07) is 0. The number of allylic oxidation sites excluding steroid dienone is 2. The molecule has 3 rings (SSSR count). The number of hydrogen-bond acceptors (Lipinski definition) is 7. The lowest BCUT2D eigenvalue weighted by Gasteiger charge is -2.61. The van der Waals surface area contributed by atoms with Crippen molar-refractivity contribution in [3.05, 3.63) is 36.5 Å². The molecule has 1 heterocycles. The van der Waals surface area contributed by atoms with Crippen LogP contribution in [0.5, 0.6) is 0 Å². The maximum atomic E-state index is 12.1. The second-order valence-corrected chi connectivity index (χ2v) is 9.87. The Labute approximate surface area is 197 Å². The van der Waals surface area contributed by atoms with Gasteiger partial charge in [0.05, 0.1) is 11.5 Å². The van der Waals surface area contributed by atoms with E-state index in [4.69, 9.17) is 23.7 Å². The van der Waals surface area contributed by atoms with E-state index in [1.807, 2.05) is 6.08 Å². The van der Waals surface area contributed by atoms with Crippen LogP contribution in [0.15, 0.2) is 36.5 Å². The first-order valence-corrected chi connectivity index (χ1v) is 11.6. The molecule has 0 bridgehead atoms. The monoisotopic (exact) mass is 462 g/mol. The highest BCUT2D eigenvalue weighted by molar-refractivity contribution is 5.67. The summed E-state index contributed by atoms with van der Waals surface area (Å²) in [7, 11) is 3.24. The quantitative estimate of drug-likeness (QED) is 0.302. The van der Waals surface area contributed by atoms with E-state index in [2.05, 4.69) is 27.0 Å². The van der Waals surface area contributed by atoms with Crippen LogP contribution in [0.25, 0.3) is 0 Å². The molecule has 1 saturated heterocycles. The standard InChI is InChI=1S/C26H38O7/c1-9-15(2)10-11-25(6)16(3)12-22(29-7)26-20(13-19(14-21(25)26)31-17(4)27)23(30-8)33-24(26)32-18(5)28/h9,13,16,19,21-24H,1-2,10-12,14H2,3-8H3/t16-,19-,21-,22-,23-,24+,25+,26+/m1/s1. The lowest BCUT2D eigenvalue weighted by molar-refractivity contribution is -0.258. The smallest absolute Gasteiger partial charge is 0.304 e. The third-order valence-corrected chi connectivity index (χ3v) is 8.19. The van der Waals surface area contributed by atoms with Crippen LogP contribution in [-0.4, -0.2) is 50.9 Å². The van der Waals surface area contributed by atoms with E-state index >= 15 is 0 Å². The molecule has 0 aromatic rings. The fourth-order valence-electron chi connectivity index (χ4n) is 6.43. The van der Waals surface area contributed by atoms with Crippen LogP contribution in [0.1, 0.15) is 53.4 Å². The zero-order chi connectivity index (χ0) is 24.6. The molecule has 0 aromatic heterocycles. The average Bonchev–Trinajstić information content (AvgIpc) is 3.06. The van der Waals surface area contributed by atoms with Gasteiger partial charge >= 0.3 is 11.9 Å². The molecule has 184 valence electrons. The first-order chi connectivity index (χ1) is 15.5. The second-order valence-electron chi connectivity index (χ2n) is 9.87. The largest absolute Gasteiger partial charge is 0.458 e. The highest BCUT2D eigenvalue weighted by Crippen LogP contribution is 2.67. The SMILES string of the molecule is C=CC(=C)CC[C@@]1(C)[C@H](C)C[C@@H](OC)[C@]23C(=C[C@@H](OC(C)=O)C[C@H]12)[C@H](OC)O[C@@H]3OC(C)=O.